The number of hydrogen-bond donors (Lipinski definition) is 4. The molecule has 8 rings (SSSR count). The first-order valence-corrected chi connectivity index (χ1v) is 26.1. The van der Waals surface area contributed by atoms with Crippen LogP contribution < -0.4 is 29.6 Å². The van der Waals surface area contributed by atoms with E-state index in [2.05, 4.69) is 43.8 Å². The van der Waals surface area contributed by atoms with E-state index in [1.54, 1.807) is 62.2 Å². The molecule has 8 aromatic rings. The van der Waals surface area contributed by atoms with Crippen LogP contribution in [0.5, 0.6) is 23.0 Å². The van der Waals surface area contributed by atoms with Gasteiger partial charge >= 0.3 is 11.9 Å². The molecular formula is C63H58Cl2N6O8. The minimum absolute atomic E-state index is 0.0793. The summed E-state index contributed by atoms with van der Waals surface area (Å²) < 4.78 is 25.7. The van der Waals surface area contributed by atoms with Crippen molar-refractivity contribution in [3.63, 3.8) is 0 Å². The number of halogens is 2. The van der Waals surface area contributed by atoms with E-state index in [-0.39, 0.29) is 52.4 Å². The Morgan fingerprint density at radius 3 is 1.48 bits per heavy atom. The highest BCUT2D eigenvalue weighted by molar-refractivity contribution is 6.32. The van der Waals surface area contributed by atoms with Gasteiger partial charge in [0.05, 0.1) is 15.6 Å². The van der Waals surface area contributed by atoms with Crippen LogP contribution in [0, 0.1) is 25.2 Å². The Bertz CT molecular complexity index is 3480. The fourth-order valence-corrected chi connectivity index (χ4v) is 9.39. The van der Waals surface area contributed by atoms with Crippen LogP contribution in [-0.2, 0) is 61.9 Å². The fourth-order valence-electron chi connectivity index (χ4n) is 8.91. The number of nitrogens with one attached hydrogen (secondary N) is 2. The Morgan fingerprint density at radius 1 is 0.570 bits per heavy atom. The van der Waals surface area contributed by atoms with Crippen molar-refractivity contribution in [2.24, 2.45) is 4.99 Å². The molecule has 0 amide bonds. The number of rotatable bonds is 26. The lowest BCUT2D eigenvalue weighted by molar-refractivity contribution is -0.140. The quantitative estimate of drug-likeness (QED) is 0.0374. The Labute approximate surface area is 469 Å². The van der Waals surface area contributed by atoms with E-state index in [9.17, 15) is 25.1 Å². The second-order valence-corrected chi connectivity index (χ2v) is 19.6. The van der Waals surface area contributed by atoms with Gasteiger partial charge in [0.15, 0.2) is 0 Å². The first kappa shape index (κ1) is 56.6. The summed E-state index contributed by atoms with van der Waals surface area (Å²) in [6.45, 7) is 4.96. The molecule has 402 valence electrons. The monoisotopic (exact) mass is 1100 g/mol. The summed E-state index contributed by atoms with van der Waals surface area (Å²) >= 11 is 13.9. The highest BCUT2D eigenvalue weighted by Crippen LogP contribution is 2.38. The lowest BCUT2D eigenvalue weighted by Gasteiger charge is -2.20. The largest absolute Gasteiger partial charge is 0.488 e. The van der Waals surface area contributed by atoms with Crippen LogP contribution in [0.2, 0.25) is 10.0 Å². The Kier molecular flexibility index (Phi) is 19.8. The standard InChI is InChI=1S/C63H58Cl2N6O8/c1-40-48(38-78-60-26-58(76-36-46-20-44(28-66)30-68-32-46)50(24-54(60)64)34-70-56(62(72)73)22-42-12-6-4-7-13-42)16-10-18-52(40)53-19-11-17-49(41(53)2)39-79-61-27-59(77-37-47-21-45(29-67-3)31-69-33-47)51(25-55(61)65)35-71-57(63(74)75)23-43-14-8-5-9-15-43/h4-21,24-27,29-33,56-57,70-71H,22-23,34-39H2,1-3H3,(H,72,73)(H,74,75). The first-order chi connectivity index (χ1) is 38.3. The molecule has 0 aliphatic heterocycles. The average Bonchev–Trinajstić information content (AvgIpc) is 3.48. The molecule has 14 nitrogen and oxygen atoms in total. The molecule has 2 unspecified atom stereocenters. The Balaban J connectivity index is 0.994. The van der Waals surface area contributed by atoms with Crippen LogP contribution in [0.3, 0.4) is 0 Å². The third-order valence-corrected chi connectivity index (χ3v) is 13.8. The number of aliphatic carboxylic acids is 2. The SMILES string of the molecule is CN=Cc1cncc(COc2cc(OCc3cccc(-c4cccc(COc5cc(OCc6cncc(C#N)c6)c(CNC(Cc6ccccc6)C(=O)O)cc5Cl)c4C)c3C)c(Cl)cc2CNC(Cc2ccccc2)C(=O)O)c1. The summed E-state index contributed by atoms with van der Waals surface area (Å²) in [4.78, 5) is 37.4. The lowest BCUT2D eigenvalue weighted by Crippen LogP contribution is -2.38. The smallest absolute Gasteiger partial charge is 0.321 e. The number of hydrogen-bond acceptors (Lipinski definition) is 12. The van der Waals surface area contributed by atoms with Crippen LogP contribution >= 0.6 is 23.2 Å². The summed E-state index contributed by atoms with van der Waals surface area (Å²) in [6.07, 6.45) is 8.78. The van der Waals surface area contributed by atoms with Crippen molar-refractivity contribution in [3.05, 3.63) is 235 Å². The van der Waals surface area contributed by atoms with Gasteiger partial charge in [0.2, 0.25) is 0 Å². The minimum atomic E-state index is -0.994. The Morgan fingerprint density at radius 2 is 1.03 bits per heavy atom. The predicted octanol–water partition coefficient (Wildman–Crippen LogP) is 11.9. The third kappa shape index (κ3) is 15.6. The molecule has 2 atom stereocenters. The molecule has 79 heavy (non-hydrogen) atoms. The number of pyridine rings is 2. The molecule has 0 aliphatic rings. The molecule has 2 heterocycles. The maximum atomic E-state index is 12.4. The molecule has 0 saturated carbocycles. The highest BCUT2D eigenvalue weighted by Gasteiger charge is 2.22. The third-order valence-electron chi connectivity index (χ3n) is 13.2. The molecule has 0 bridgehead atoms. The number of carbonyl (C=O) groups is 2. The van der Waals surface area contributed by atoms with Gasteiger partial charge in [-0.05, 0) is 95.5 Å². The normalized spacial score (nSPS) is 11.9. The van der Waals surface area contributed by atoms with Gasteiger partial charge in [-0.3, -0.25) is 35.2 Å². The number of carboxylic acids is 2. The van der Waals surface area contributed by atoms with Crippen molar-refractivity contribution in [1.82, 2.24) is 20.6 Å². The van der Waals surface area contributed by atoms with Gasteiger partial charge in [-0.1, -0.05) is 120 Å². The van der Waals surface area contributed by atoms with Gasteiger partial charge in [-0.15, -0.1) is 0 Å². The van der Waals surface area contributed by atoms with Crippen molar-refractivity contribution < 1.29 is 38.7 Å². The zero-order valence-corrected chi connectivity index (χ0v) is 45.3. The van der Waals surface area contributed by atoms with Crippen LogP contribution in [0.15, 0.2) is 163 Å². The van der Waals surface area contributed by atoms with E-state index in [0.717, 1.165) is 55.6 Å². The van der Waals surface area contributed by atoms with Crippen LogP contribution in [-0.4, -0.2) is 57.5 Å². The van der Waals surface area contributed by atoms with E-state index in [1.807, 2.05) is 105 Å². The number of ether oxygens (including phenoxy) is 4. The maximum absolute atomic E-state index is 12.4. The lowest BCUT2D eigenvalue weighted by atomic mass is 9.92. The number of nitriles is 1. The van der Waals surface area contributed by atoms with E-state index >= 15 is 0 Å². The van der Waals surface area contributed by atoms with Crippen LogP contribution in [0.4, 0.5) is 0 Å². The molecule has 0 aliphatic carbocycles. The van der Waals surface area contributed by atoms with Crippen LogP contribution in [0.1, 0.15) is 66.8 Å². The molecular weight excluding hydrogens is 1040 g/mol. The molecule has 4 N–H and O–H groups in total. The second kappa shape index (κ2) is 27.6. The number of nitrogens with zero attached hydrogens (tertiary/aromatic N) is 4. The van der Waals surface area contributed by atoms with Gasteiger partial charge in [0, 0.05) is 91.1 Å². The minimum Gasteiger partial charge on any atom is -0.488 e. The van der Waals surface area contributed by atoms with Crippen molar-refractivity contribution in [3.8, 4) is 40.2 Å². The molecule has 0 spiro atoms. The van der Waals surface area contributed by atoms with Gasteiger partial charge in [0.25, 0.3) is 0 Å². The Hall–Kier alpha value is -8.58. The molecule has 0 fully saturated rings. The summed E-state index contributed by atoms with van der Waals surface area (Å²) in [7, 11) is 1.69. The van der Waals surface area contributed by atoms with Gasteiger partial charge in [0.1, 0.15) is 67.6 Å². The van der Waals surface area contributed by atoms with Crippen molar-refractivity contribution in [1.29, 1.82) is 5.26 Å². The van der Waals surface area contributed by atoms with Gasteiger partial charge in [-0.2, -0.15) is 5.26 Å². The number of benzene rings is 6. The van der Waals surface area contributed by atoms with E-state index in [4.69, 9.17) is 42.1 Å². The molecule has 0 radical (unpaired) electrons. The predicted molar refractivity (Wildman–Crippen MR) is 305 cm³/mol. The summed E-state index contributed by atoms with van der Waals surface area (Å²) in [5.41, 5.74) is 11.5. The number of carboxylic acid groups (broad SMARTS) is 2. The summed E-state index contributed by atoms with van der Waals surface area (Å²) in [5, 5.41) is 36.7. The van der Waals surface area contributed by atoms with Crippen molar-refractivity contribution in [2.75, 3.05) is 7.05 Å². The van der Waals surface area contributed by atoms with Crippen LogP contribution in [0.25, 0.3) is 11.1 Å². The fraction of sp³-hybridized carbons (Fsp3) is 0.206. The zero-order chi connectivity index (χ0) is 55.7. The first-order valence-electron chi connectivity index (χ1n) is 25.4. The molecule has 16 heteroatoms. The van der Waals surface area contributed by atoms with Gasteiger partial charge in [-0.25, -0.2) is 0 Å². The maximum Gasteiger partial charge on any atom is 0.321 e. The molecule has 6 aromatic carbocycles. The second-order valence-electron chi connectivity index (χ2n) is 18.7. The highest BCUT2D eigenvalue weighted by atomic mass is 35.5. The molecule has 2 aromatic heterocycles. The number of aromatic nitrogens is 2. The van der Waals surface area contributed by atoms with Crippen molar-refractivity contribution in [2.45, 2.75) is 78.3 Å². The van der Waals surface area contributed by atoms with E-state index in [1.165, 1.54) is 6.20 Å². The molecule has 0 saturated heterocycles. The number of aliphatic imine (C=N–C) groups is 1. The summed E-state index contributed by atoms with van der Waals surface area (Å²) in [6, 6.07) is 41.8. The van der Waals surface area contributed by atoms with Crippen molar-refractivity contribution >= 4 is 41.4 Å². The van der Waals surface area contributed by atoms with E-state index < -0.39 is 24.0 Å². The zero-order valence-electron chi connectivity index (χ0n) is 43.8. The van der Waals surface area contributed by atoms with E-state index in [0.29, 0.717) is 55.3 Å². The van der Waals surface area contributed by atoms with Gasteiger partial charge < -0.3 is 29.2 Å². The average molecular weight is 1100 g/mol. The topological polar surface area (TPSA) is 198 Å². The summed E-state index contributed by atoms with van der Waals surface area (Å²) in [5.74, 6) is -0.341.